The van der Waals surface area contributed by atoms with Crippen molar-refractivity contribution in [1.82, 2.24) is 9.55 Å². The molecule has 17 heavy (non-hydrogen) atoms. The van der Waals surface area contributed by atoms with E-state index in [0.717, 1.165) is 5.82 Å². The van der Waals surface area contributed by atoms with Crippen molar-refractivity contribution in [3.8, 4) is 17.0 Å². The van der Waals surface area contributed by atoms with Crippen molar-refractivity contribution in [3.05, 3.63) is 29.8 Å². The van der Waals surface area contributed by atoms with E-state index in [1.807, 2.05) is 14.0 Å². The van der Waals surface area contributed by atoms with Gasteiger partial charge in [-0.05, 0) is 25.1 Å². The molecule has 2 N–H and O–H groups in total. The quantitative estimate of drug-likeness (QED) is 0.867. The Morgan fingerprint density at radius 3 is 2.59 bits per heavy atom. The molecule has 0 saturated heterocycles. The highest BCUT2D eigenvalue weighted by Crippen LogP contribution is 2.28. The summed E-state index contributed by atoms with van der Waals surface area (Å²) in [6.45, 7) is 1.85. The number of methoxy groups -OCH3 is 1. The molecule has 0 fully saturated rings. The second-order valence-electron chi connectivity index (χ2n) is 3.80. The van der Waals surface area contributed by atoms with Crippen LogP contribution in [0.25, 0.3) is 11.3 Å². The van der Waals surface area contributed by atoms with Crippen molar-refractivity contribution in [2.75, 3.05) is 12.8 Å². The minimum atomic E-state index is -0.423. The molecule has 5 heteroatoms. The van der Waals surface area contributed by atoms with Crippen LogP contribution in [0, 0.1) is 12.7 Å². The molecule has 2 aromatic rings. The standard InChI is InChI=1S/C12H14FN3O/c1-7-15-11(12(14)16(7)2)8-4-5-10(17-3)9(13)6-8/h4-6H,14H2,1-3H3. The van der Waals surface area contributed by atoms with Crippen LogP contribution in [-0.4, -0.2) is 16.7 Å². The van der Waals surface area contributed by atoms with Crippen LogP contribution in [0.15, 0.2) is 18.2 Å². The van der Waals surface area contributed by atoms with Gasteiger partial charge in [-0.15, -0.1) is 0 Å². The van der Waals surface area contributed by atoms with Gasteiger partial charge >= 0.3 is 0 Å². The zero-order chi connectivity index (χ0) is 12.6. The highest BCUT2D eigenvalue weighted by Gasteiger charge is 2.13. The summed E-state index contributed by atoms with van der Waals surface area (Å²) >= 11 is 0. The van der Waals surface area contributed by atoms with Gasteiger partial charge in [0.05, 0.1) is 7.11 Å². The Hall–Kier alpha value is -2.04. The maximum Gasteiger partial charge on any atom is 0.165 e. The lowest BCUT2D eigenvalue weighted by Crippen LogP contribution is -1.98. The summed E-state index contributed by atoms with van der Waals surface area (Å²) in [6, 6.07) is 4.67. The van der Waals surface area contributed by atoms with Gasteiger partial charge in [-0.3, -0.25) is 0 Å². The fourth-order valence-corrected chi connectivity index (χ4v) is 1.65. The number of nitrogens with zero attached hydrogens (tertiary/aromatic N) is 2. The second-order valence-corrected chi connectivity index (χ2v) is 3.80. The third-order valence-corrected chi connectivity index (χ3v) is 2.79. The van der Waals surface area contributed by atoms with E-state index in [-0.39, 0.29) is 5.75 Å². The molecule has 0 saturated carbocycles. The molecule has 0 aliphatic heterocycles. The lowest BCUT2D eigenvalue weighted by Gasteiger charge is -2.04. The molecule has 1 aromatic carbocycles. The Kier molecular flexibility index (Phi) is 2.75. The molecule has 2 rings (SSSR count). The van der Waals surface area contributed by atoms with Crippen LogP contribution in [0.5, 0.6) is 5.75 Å². The molecular formula is C12H14FN3O. The van der Waals surface area contributed by atoms with Crippen molar-refractivity contribution < 1.29 is 9.13 Å². The number of imidazole rings is 1. The molecule has 0 radical (unpaired) electrons. The number of nitrogen functional groups attached to an aromatic ring is 1. The van der Waals surface area contributed by atoms with E-state index in [2.05, 4.69) is 4.98 Å². The topological polar surface area (TPSA) is 53.1 Å². The number of nitrogens with two attached hydrogens (primary N) is 1. The molecule has 0 unspecified atom stereocenters. The zero-order valence-corrected chi connectivity index (χ0v) is 9.99. The molecular weight excluding hydrogens is 221 g/mol. The van der Waals surface area contributed by atoms with Gasteiger partial charge in [0.15, 0.2) is 11.6 Å². The highest BCUT2D eigenvalue weighted by atomic mass is 19.1. The Balaban J connectivity index is 2.53. The second kappa shape index (κ2) is 4.08. The smallest absolute Gasteiger partial charge is 0.165 e. The maximum atomic E-state index is 13.6. The van der Waals surface area contributed by atoms with Crippen LogP contribution in [-0.2, 0) is 7.05 Å². The number of hydrogen-bond acceptors (Lipinski definition) is 3. The molecule has 0 aliphatic rings. The first-order valence-corrected chi connectivity index (χ1v) is 5.17. The Morgan fingerprint density at radius 1 is 1.41 bits per heavy atom. The van der Waals surface area contributed by atoms with Gasteiger partial charge in [-0.1, -0.05) is 0 Å². The maximum absolute atomic E-state index is 13.6. The molecule has 0 aliphatic carbocycles. The minimum Gasteiger partial charge on any atom is -0.494 e. The van der Waals surface area contributed by atoms with E-state index in [4.69, 9.17) is 10.5 Å². The number of benzene rings is 1. The summed E-state index contributed by atoms with van der Waals surface area (Å²) < 4.78 is 20.2. The molecule has 0 spiro atoms. The number of anilines is 1. The average Bonchev–Trinajstić information content (AvgIpc) is 2.57. The normalized spacial score (nSPS) is 10.6. The van der Waals surface area contributed by atoms with Crippen molar-refractivity contribution in [2.45, 2.75) is 6.92 Å². The Morgan fingerprint density at radius 2 is 2.12 bits per heavy atom. The van der Waals surface area contributed by atoms with Crippen molar-refractivity contribution in [3.63, 3.8) is 0 Å². The molecule has 90 valence electrons. The van der Waals surface area contributed by atoms with Crippen LogP contribution in [0.2, 0.25) is 0 Å². The summed E-state index contributed by atoms with van der Waals surface area (Å²) in [5.74, 6) is 1.09. The number of rotatable bonds is 2. The third-order valence-electron chi connectivity index (χ3n) is 2.79. The van der Waals surface area contributed by atoms with Crippen LogP contribution in [0.1, 0.15) is 5.82 Å². The SMILES string of the molecule is COc1ccc(-c2nc(C)n(C)c2N)cc1F. The third kappa shape index (κ3) is 1.84. The van der Waals surface area contributed by atoms with Crippen molar-refractivity contribution in [1.29, 1.82) is 0 Å². The predicted molar refractivity (Wildman–Crippen MR) is 64.3 cm³/mol. The van der Waals surface area contributed by atoms with Gasteiger partial charge in [-0.25, -0.2) is 9.37 Å². The van der Waals surface area contributed by atoms with Crippen LogP contribution in [0.4, 0.5) is 10.2 Å². The number of halogens is 1. The lowest BCUT2D eigenvalue weighted by atomic mass is 10.1. The average molecular weight is 235 g/mol. The summed E-state index contributed by atoms with van der Waals surface area (Å²) in [4.78, 5) is 4.31. The number of aryl methyl sites for hydroxylation is 1. The van der Waals surface area contributed by atoms with E-state index >= 15 is 0 Å². The van der Waals surface area contributed by atoms with Gasteiger partial charge in [0, 0.05) is 12.6 Å². The van der Waals surface area contributed by atoms with Gasteiger partial charge in [0.1, 0.15) is 17.3 Å². The molecule has 0 atom stereocenters. The van der Waals surface area contributed by atoms with Crippen molar-refractivity contribution in [2.24, 2.45) is 7.05 Å². The molecule has 0 amide bonds. The zero-order valence-electron chi connectivity index (χ0n) is 9.99. The Bertz CT molecular complexity index is 563. The fraction of sp³-hybridized carbons (Fsp3) is 0.250. The molecule has 1 aromatic heterocycles. The van der Waals surface area contributed by atoms with Gasteiger partial charge < -0.3 is 15.0 Å². The number of ether oxygens (including phenoxy) is 1. The van der Waals surface area contributed by atoms with E-state index in [1.165, 1.54) is 13.2 Å². The molecule has 1 heterocycles. The molecule has 0 bridgehead atoms. The van der Waals surface area contributed by atoms with Crippen molar-refractivity contribution >= 4 is 5.82 Å². The first kappa shape index (κ1) is 11.4. The van der Waals surface area contributed by atoms with Crippen LogP contribution in [0.3, 0.4) is 0 Å². The highest BCUT2D eigenvalue weighted by molar-refractivity contribution is 5.71. The van der Waals surface area contributed by atoms with E-state index < -0.39 is 5.82 Å². The molecule has 4 nitrogen and oxygen atoms in total. The largest absolute Gasteiger partial charge is 0.494 e. The van der Waals surface area contributed by atoms with E-state index in [0.29, 0.717) is 17.1 Å². The number of aromatic nitrogens is 2. The van der Waals surface area contributed by atoms with Crippen LogP contribution < -0.4 is 10.5 Å². The number of hydrogen-bond donors (Lipinski definition) is 1. The lowest BCUT2D eigenvalue weighted by molar-refractivity contribution is 0.386. The van der Waals surface area contributed by atoms with E-state index in [1.54, 1.807) is 16.7 Å². The minimum absolute atomic E-state index is 0.208. The first-order chi connectivity index (χ1) is 8.04. The van der Waals surface area contributed by atoms with Gasteiger partial charge in [0.25, 0.3) is 0 Å². The first-order valence-electron chi connectivity index (χ1n) is 5.17. The van der Waals surface area contributed by atoms with Gasteiger partial charge in [0.2, 0.25) is 0 Å². The summed E-state index contributed by atoms with van der Waals surface area (Å²) in [5, 5.41) is 0. The van der Waals surface area contributed by atoms with Crippen LogP contribution >= 0.6 is 0 Å². The fourth-order valence-electron chi connectivity index (χ4n) is 1.65. The summed E-state index contributed by atoms with van der Waals surface area (Å²) in [5.41, 5.74) is 7.14. The van der Waals surface area contributed by atoms with Gasteiger partial charge in [-0.2, -0.15) is 0 Å². The summed E-state index contributed by atoms with van der Waals surface area (Å²) in [7, 11) is 3.25. The monoisotopic (exact) mass is 235 g/mol. The predicted octanol–water partition coefficient (Wildman–Crippen LogP) is 2.13. The Labute approximate surface area is 98.8 Å². The van der Waals surface area contributed by atoms with E-state index in [9.17, 15) is 4.39 Å². The summed E-state index contributed by atoms with van der Waals surface area (Å²) in [6.07, 6.45) is 0.